The first-order valence-corrected chi connectivity index (χ1v) is 19.4. The summed E-state index contributed by atoms with van der Waals surface area (Å²) < 4.78 is 60.0. The SMILES string of the molecule is CC(=O)OCC1C2C(OC(C)=O)C(OC(C)=O)C3(OC(C)=O)C(OC(C)=O)C(OC(=O)c4ccoc4)C4OC(=O)C(C)CCc5ncccc5C(=O)OCC2(C)OC13C4(C)O. The Kier molecular flexibility index (Phi) is 12.1. The molecule has 12 unspecified atom stereocenters. The van der Waals surface area contributed by atoms with E-state index in [2.05, 4.69) is 4.98 Å². The maximum atomic E-state index is 14.3. The first-order valence-electron chi connectivity index (χ1n) is 19.4. The maximum Gasteiger partial charge on any atom is 0.341 e. The monoisotopic (exact) mass is 857 g/mol. The van der Waals surface area contributed by atoms with Crippen molar-refractivity contribution in [2.75, 3.05) is 13.2 Å². The second-order valence-corrected chi connectivity index (χ2v) is 16.0. The number of pyridine rings is 1. The molecule has 0 amide bonds. The molecule has 0 aromatic carbocycles. The number of aromatic nitrogens is 1. The Morgan fingerprint density at radius 3 is 2.11 bits per heavy atom. The summed E-state index contributed by atoms with van der Waals surface area (Å²) in [5.74, 6) is -12.5. The molecule has 6 rings (SSSR count). The van der Waals surface area contributed by atoms with Gasteiger partial charge in [-0.1, -0.05) is 6.92 Å². The topological polar surface area (TPSA) is 266 Å². The van der Waals surface area contributed by atoms with Crippen LogP contribution in [0, 0.1) is 17.8 Å². The highest BCUT2D eigenvalue weighted by Crippen LogP contribution is 2.69. The van der Waals surface area contributed by atoms with Crippen molar-refractivity contribution >= 4 is 47.8 Å². The molecule has 2 saturated carbocycles. The zero-order valence-corrected chi connectivity index (χ0v) is 34.7. The second-order valence-electron chi connectivity index (χ2n) is 16.0. The standard InChI is InChI=1S/C41H47NO19/c1-19-11-12-28-26(10-9-14-42-28)37(50)54-18-38(7)29-27(17-53-20(2)43)41(61-38)39(8,51)32(59-35(19)48)31(58-36(49)25-13-15-52-16-25)34(57-23(5)46)40(41,60-24(6)47)33(56-22(4)45)30(29)55-21(3)44/h9-10,13-16,19,27,29-34,51H,11-12,17-18H2,1-8H3. The van der Waals surface area contributed by atoms with Crippen LogP contribution in [0.1, 0.15) is 88.2 Å². The van der Waals surface area contributed by atoms with Crippen molar-refractivity contribution in [2.45, 2.75) is 121 Å². The van der Waals surface area contributed by atoms with Crippen LogP contribution in [-0.2, 0) is 77.8 Å². The van der Waals surface area contributed by atoms with Crippen LogP contribution in [0.2, 0.25) is 0 Å². The van der Waals surface area contributed by atoms with Crippen molar-refractivity contribution in [3.63, 3.8) is 0 Å². The molecule has 0 radical (unpaired) electrons. The number of cyclic esters (lactones) is 1. The number of carbonyl (C=O) groups excluding carboxylic acids is 8. The lowest BCUT2D eigenvalue weighted by molar-refractivity contribution is -0.393. The van der Waals surface area contributed by atoms with Crippen molar-refractivity contribution in [1.29, 1.82) is 0 Å². The van der Waals surface area contributed by atoms with Gasteiger partial charge in [-0.15, -0.1) is 0 Å². The van der Waals surface area contributed by atoms with Gasteiger partial charge in [0.1, 0.15) is 30.2 Å². The molecule has 20 nitrogen and oxygen atoms in total. The lowest BCUT2D eigenvalue weighted by Crippen LogP contribution is -2.91. The Balaban J connectivity index is 1.77. The molecule has 2 aromatic heterocycles. The number of hydrogen-bond donors (Lipinski definition) is 1. The zero-order chi connectivity index (χ0) is 44.8. The molecule has 2 aliphatic heterocycles. The lowest BCUT2D eigenvalue weighted by atomic mass is 9.47. The average Bonchev–Trinajstić information content (AvgIpc) is 3.79. The number of nitrogens with zero attached hydrogens (tertiary/aromatic N) is 1. The molecular formula is C41H47NO19. The van der Waals surface area contributed by atoms with Crippen molar-refractivity contribution in [3.05, 3.63) is 53.7 Å². The summed E-state index contributed by atoms with van der Waals surface area (Å²) in [6.45, 7) is 7.35. The van der Waals surface area contributed by atoms with Crippen LogP contribution in [-0.4, -0.2) is 124 Å². The Bertz CT molecular complexity index is 2100. The van der Waals surface area contributed by atoms with Crippen LogP contribution in [0.15, 0.2) is 41.3 Å². The minimum atomic E-state index is -3.00. The van der Waals surface area contributed by atoms with Gasteiger partial charge in [0.15, 0.2) is 30.0 Å². The van der Waals surface area contributed by atoms with E-state index < -0.39 is 132 Å². The van der Waals surface area contributed by atoms with Crippen molar-refractivity contribution in [2.24, 2.45) is 17.8 Å². The maximum absolute atomic E-state index is 14.3. The predicted octanol–water partition coefficient (Wildman–Crippen LogP) is 1.75. The fourth-order valence-corrected chi connectivity index (χ4v) is 9.64. The van der Waals surface area contributed by atoms with Gasteiger partial charge in [-0.25, -0.2) is 9.59 Å². The number of carbonyl (C=O) groups is 8. The Morgan fingerprint density at radius 1 is 0.869 bits per heavy atom. The fourth-order valence-electron chi connectivity index (χ4n) is 9.64. The first kappa shape index (κ1) is 44.7. The fraction of sp³-hybridized carbons (Fsp3) is 0.585. The number of ether oxygens (including phenoxy) is 9. The second kappa shape index (κ2) is 16.5. The van der Waals surface area contributed by atoms with E-state index in [9.17, 15) is 43.5 Å². The molecule has 3 fully saturated rings. The molecule has 330 valence electrons. The minimum Gasteiger partial charge on any atom is -0.472 e. The van der Waals surface area contributed by atoms with Gasteiger partial charge in [-0.05, 0) is 44.9 Å². The van der Waals surface area contributed by atoms with Gasteiger partial charge in [0, 0.05) is 52.7 Å². The molecular weight excluding hydrogens is 810 g/mol. The summed E-state index contributed by atoms with van der Waals surface area (Å²) in [5.41, 5.74) is -10.6. The van der Waals surface area contributed by atoms with Crippen LogP contribution in [0.4, 0.5) is 0 Å². The number of hydrogen-bond acceptors (Lipinski definition) is 20. The van der Waals surface area contributed by atoms with Gasteiger partial charge < -0.3 is 52.2 Å². The molecule has 2 aromatic rings. The largest absolute Gasteiger partial charge is 0.472 e. The van der Waals surface area contributed by atoms with Gasteiger partial charge in [0.05, 0.1) is 35.6 Å². The van der Waals surface area contributed by atoms with E-state index in [0.717, 1.165) is 54.1 Å². The quantitative estimate of drug-likeness (QED) is 0.293. The summed E-state index contributed by atoms with van der Waals surface area (Å²) >= 11 is 0. The third-order valence-electron chi connectivity index (χ3n) is 11.8. The van der Waals surface area contributed by atoms with Gasteiger partial charge in [0.2, 0.25) is 5.60 Å². The van der Waals surface area contributed by atoms with Gasteiger partial charge in [-0.3, -0.25) is 33.8 Å². The molecule has 12 atom stereocenters. The zero-order valence-electron chi connectivity index (χ0n) is 34.7. The van der Waals surface area contributed by atoms with E-state index in [-0.39, 0.29) is 29.7 Å². The molecule has 2 aliphatic carbocycles. The van der Waals surface area contributed by atoms with E-state index in [4.69, 9.17) is 47.0 Å². The minimum absolute atomic E-state index is 0.0182. The van der Waals surface area contributed by atoms with Gasteiger partial charge in [0.25, 0.3) is 0 Å². The number of rotatable bonds is 8. The van der Waals surface area contributed by atoms with Crippen molar-refractivity contribution in [1.82, 2.24) is 4.98 Å². The van der Waals surface area contributed by atoms with Gasteiger partial charge in [-0.2, -0.15) is 0 Å². The smallest absolute Gasteiger partial charge is 0.341 e. The number of fused-ring (bicyclic) bond motifs is 5. The Hall–Kier alpha value is -5.89. The number of esters is 8. The summed E-state index contributed by atoms with van der Waals surface area (Å²) in [6, 6.07) is 4.17. The average molecular weight is 858 g/mol. The molecule has 4 heterocycles. The van der Waals surface area contributed by atoms with Crippen LogP contribution in [0.5, 0.6) is 0 Å². The number of aryl methyl sites for hydroxylation is 1. The Morgan fingerprint density at radius 2 is 1.52 bits per heavy atom. The van der Waals surface area contributed by atoms with Crippen molar-refractivity contribution in [3.8, 4) is 0 Å². The van der Waals surface area contributed by atoms with Crippen LogP contribution >= 0.6 is 0 Å². The Labute approximate surface area is 348 Å². The third-order valence-corrected chi connectivity index (χ3v) is 11.8. The summed E-state index contributed by atoms with van der Waals surface area (Å²) in [4.78, 5) is 113. The summed E-state index contributed by atoms with van der Waals surface area (Å²) in [7, 11) is 0. The highest BCUT2D eigenvalue weighted by atomic mass is 16.7. The van der Waals surface area contributed by atoms with E-state index in [1.54, 1.807) is 0 Å². The number of furan rings is 1. The summed E-state index contributed by atoms with van der Waals surface area (Å²) in [6.07, 6.45) is -6.97. The molecule has 20 heteroatoms. The van der Waals surface area contributed by atoms with E-state index in [0.29, 0.717) is 0 Å². The summed E-state index contributed by atoms with van der Waals surface area (Å²) in [5, 5.41) is 13.6. The third kappa shape index (κ3) is 7.59. The van der Waals surface area contributed by atoms with Gasteiger partial charge >= 0.3 is 47.8 Å². The van der Waals surface area contributed by atoms with Crippen LogP contribution in [0.25, 0.3) is 0 Å². The molecule has 1 N–H and O–H groups in total. The molecule has 1 saturated heterocycles. The van der Waals surface area contributed by atoms with E-state index in [1.165, 1.54) is 38.2 Å². The van der Waals surface area contributed by atoms with E-state index in [1.807, 2.05) is 0 Å². The lowest BCUT2D eigenvalue weighted by Gasteiger charge is -2.67. The van der Waals surface area contributed by atoms with Crippen molar-refractivity contribution < 1.29 is 90.5 Å². The molecule has 61 heavy (non-hydrogen) atoms. The highest BCUT2D eigenvalue weighted by Gasteiger charge is 2.92. The van der Waals surface area contributed by atoms with Crippen LogP contribution < -0.4 is 0 Å². The highest BCUT2D eigenvalue weighted by molar-refractivity contribution is 5.91. The molecule has 4 aliphatic rings. The normalized spacial score (nSPS) is 35.4. The van der Waals surface area contributed by atoms with Crippen LogP contribution in [0.3, 0.4) is 0 Å². The predicted molar refractivity (Wildman–Crippen MR) is 197 cm³/mol. The number of aliphatic hydroxyl groups is 1. The molecule has 1 spiro atoms. The first-order chi connectivity index (χ1) is 28.6. The van der Waals surface area contributed by atoms with E-state index >= 15 is 0 Å². The molecule has 4 bridgehead atoms.